The molecule has 1 atom stereocenters. The molecule has 0 heterocycles. The van der Waals surface area contributed by atoms with Crippen LogP contribution in [0.4, 0.5) is 0 Å². The van der Waals surface area contributed by atoms with Crippen LogP contribution in [0, 0.1) is 0 Å². The van der Waals surface area contributed by atoms with Crippen LogP contribution in [-0.2, 0) is 4.43 Å². The van der Waals surface area contributed by atoms with Gasteiger partial charge in [0.1, 0.15) is 0 Å². The van der Waals surface area contributed by atoms with E-state index in [-0.39, 0.29) is 8.80 Å². The largest absolute Gasteiger partial charge is 0.418 e. The van der Waals surface area contributed by atoms with Gasteiger partial charge in [0.15, 0.2) is 8.32 Å². The first kappa shape index (κ1) is 10.4. The molecule has 61 valence electrons. The molecule has 0 aliphatic heterocycles. The molecule has 0 saturated carbocycles. The number of rotatable bonds is 3. The predicted molar refractivity (Wildman–Crippen MR) is 51.4 cm³/mol. The first-order valence-electron chi connectivity index (χ1n) is 3.81. The monoisotopic (exact) mass is 175 g/mol. The van der Waals surface area contributed by atoms with E-state index in [1.807, 2.05) is 0 Å². The molecule has 0 aromatic rings. The van der Waals surface area contributed by atoms with Crippen molar-refractivity contribution in [3.05, 3.63) is 0 Å². The quantitative estimate of drug-likeness (QED) is 0.599. The van der Waals surface area contributed by atoms with Crippen LogP contribution in [-0.4, -0.2) is 22.8 Å². The van der Waals surface area contributed by atoms with E-state index in [4.69, 9.17) is 4.43 Å². The van der Waals surface area contributed by atoms with E-state index in [2.05, 4.69) is 39.7 Å². The highest BCUT2D eigenvalue weighted by Crippen LogP contribution is 2.08. The zero-order valence-corrected chi connectivity index (χ0v) is 9.99. The maximum Gasteiger partial charge on any atom is 0.183 e. The van der Waals surface area contributed by atoms with Crippen molar-refractivity contribution in [1.82, 2.24) is 0 Å². The molecule has 0 spiro atoms. The Bertz CT molecular complexity index is 96.3. The summed E-state index contributed by atoms with van der Waals surface area (Å²) >= 11 is 0. The fraction of sp³-hybridized carbons (Fsp3) is 1.00. The van der Waals surface area contributed by atoms with Crippen molar-refractivity contribution in [2.24, 2.45) is 0 Å². The summed E-state index contributed by atoms with van der Waals surface area (Å²) in [6.45, 7) is 13.5. The molecule has 1 unspecified atom stereocenters. The Morgan fingerprint density at radius 2 is 1.60 bits per heavy atom. The Morgan fingerprint density at radius 1 is 1.20 bits per heavy atom. The van der Waals surface area contributed by atoms with Gasteiger partial charge in [0.25, 0.3) is 0 Å². The lowest BCUT2D eigenvalue weighted by Gasteiger charge is -2.25. The van der Waals surface area contributed by atoms with Crippen LogP contribution in [0.2, 0.25) is 32.7 Å². The molecule has 0 aromatic heterocycles. The molecule has 1 radical (unpaired) electrons. The van der Waals surface area contributed by atoms with Gasteiger partial charge in [-0.25, -0.2) is 0 Å². The first-order valence-corrected chi connectivity index (χ1v) is 9.79. The normalized spacial score (nSPS) is 15.9. The third kappa shape index (κ3) is 5.20. The van der Waals surface area contributed by atoms with E-state index in [0.717, 1.165) is 0 Å². The zero-order valence-electron chi connectivity index (χ0n) is 7.99. The Balaban J connectivity index is 3.68. The van der Waals surface area contributed by atoms with Crippen LogP contribution in [0.15, 0.2) is 0 Å². The average molecular weight is 175 g/mol. The van der Waals surface area contributed by atoms with Crippen LogP contribution in [0.1, 0.15) is 6.92 Å². The van der Waals surface area contributed by atoms with Gasteiger partial charge in [0.2, 0.25) is 0 Å². The zero-order chi connectivity index (χ0) is 8.36. The van der Waals surface area contributed by atoms with Crippen molar-refractivity contribution in [3.63, 3.8) is 0 Å². The molecule has 3 heteroatoms. The maximum absolute atomic E-state index is 5.88. The Kier molecular flexibility index (Phi) is 3.83. The highest BCUT2D eigenvalue weighted by molar-refractivity contribution is 6.71. The molecule has 0 N–H and O–H groups in total. The average Bonchev–Trinajstić information content (AvgIpc) is 1.60. The van der Waals surface area contributed by atoms with Gasteiger partial charge in [-0.15, -0.1) is 0 Å². The topological polar surface area (TPSA) is 9.23 Å². The minimum atomic E-state index is -1.26. The van der Waals surface area contributed by atoms with Crippen LogP contribution < -0.4 is 0 Å². The van der Waals surface area contributed by atoms with E-state index in [1.165, 1.54) is 0 Å². The third-order valence-electron chi connectivity index (χ3n) is 1.34. The van der Waals surface area contributed by atoms with Crippen LogP contribution in [0.3, 0.4) is 0 Å². The minimum absolute atomic E-state index is 0.233. The summed E-state index contributed by atoms with van der Waals surface area (Å²) in [6.07, 6.45) is 0. The second kappa shape index (κ2) is 3.69. The van der Waals surface area contributed by atoms with Crippen molar-refractivity contribution < 1.29 is 4.43 Å². The van der Waals surface area contributed by atoms with Gasteiger partial charge in [-0.1, -0.05) is 13.1 Å². The van der Waals surface area contributed by atoms with Gasteiger partial charge in [-0.2, -0.15) is 0 Å². The van der Waals surface area contributed by atoms with Gasteiger partial charge in [0.05, 0.1) is 8.80 Å². The number of hydrogen-bond donors (Lipinski definition) is 0. The first-order chi connectivity index (χ1) is 4.33. The van der Waals surface area contributed by atoms with Gasteiger partial charge in [0, 0.05) is 5.73 Å². The lowest BCUT2D eigenvalue weighted by Crippen LogP contribution is -2.36. The molecule has 0 aliphatic rings. The number of hydrogen-bond acceptors (Lipinski definition) is 1. The van der Waals surface area contributed by atoms with Crippen molar-refractivity contribution in [2.45, 2.75) is 45.4 Å². The SMILES string of the molecule is CC(O[Si](C)(C)C)[Si](C)C. The van der Waals surface area contributed by atoms with Gasteiger partial charge in [-0.3, -0.25) is 0 Å². The van der Waals surface area contributed by atoms with Crippen molar-refractivity contribution >= 4 is 17.1 Å². The smallest absolute Gasteiger partial charge is 0.183 e. The molecule has 0 saturated heterocycles. The second-order valence-electron chi connectivity index (χ2n) is 3.95. The Morgan fingerprint density at radius 3 is 1.70 bits per heavy atom. The van der Waals surface area contributed by atoms with Gasteiger partial charge < -0.3 is 4.43 Å². The molecule has 10 heavy (non-hydrogen) atoms. The molecular formula is C7H19OSi2. The Labute approximate surface area is 67.5 Å². The summed E-state index contributed by atoms with van der Waals surface area (Å²) in [6, 6.07) is 0. The van der Waals surface area contributed by atoms with Crippen LogP contribution in [0.5, 0.6) is 0 Å². The lowest BCUT2D eigenvalue weighted by atomic mass is 10.9. The van der Waals surface area contributed by atoms with Crippen molar-refractivity contribution in [1.29, 1.82) is 0 Å². The second-order valence-corrected chi connectivity index (χ2v) is 11.4. The summed E-state index contributed by atoms with van der Waals surface area (Å²) in [7, 11) is -1.49. The van der Waals surface area contributed by atoms with E-state index in [9.17, 15) is 0 Å². The molecular weight excluding hydrogens is 156 g/mol. The summed E-state index contributed by atoms with van der Waals surface area (Å²) in [5.41, 5.74) is 0.525. The van der Waals surface area contributed by atoms with E-state index >= 15 is 0 Å². The molecule has 0 aromatic carbocycles. The molecule has 0 aliphatic carbocycles. The van der Waals surface area contributed by atoms with E-state index in [0.29, 0.717) is 5.73 Å². The summed E-state index contributed by atoms with van der Waals surface area (Å²) in [5.74, 6) is 0. The molecule has 0 bridgehead atoms. The fourth-order valence-corrected chi connectivity index (χ4v) is 3.71. The summed E-state index contributed by atoms with van der Waals surface area (Å²) in [5, 5.41) is 0. The van der Waals surface area contributed by atoms with Gasteiger partial charge in [-0.05, 0) is 26.6 Å². The van der Waals surface area contributed by atoms with E-state index in [1.54, 1.807) is 0 Å². The standard InChI is InChI=1S/C7H19OSi2/c1-7(9(2)3)8-10(4,5)6/h7H,1-6H3. The fourth-order valence-electron chi connectivity index (χ4n) is 0.648. The highest BCUT2D eigenvalue weighted by Gasteiger charge is 2.20. The van der Waals surface area contributed by atoms with Crippen LogP contribution >= 0.6 is 0 Å². The van der Waals surface area contributed by atoms with E-state index < -0.39 is 8.32 Å². The van der Waals surface area contributed by atoms with Crippen LogP contribution in [0.25, 0.3) is 0 Å². The summed E-state index contributed by atoms with van der Waals surface area (Å²) < 4.78 is 5.88. The molecule has 0 fully saturated rings. The van der Waals surface area contributed by atoms with Gasteiger partial charge >= 0.3 is 0 Å². The Hall–Kier alpha value is 0.394. The molecule has 0 rings (SSSR count). The highest BCUT2D eigenvalue weighted by atomic mass is 28.4. The molecule has 1 nitrogen and oxygen atoms in total. The van der Waals surface area contributed by atoms with Crippen molar-refractivity contribution in [2.75, 3.05) is 0 Å². The van der Waals surface area contributed by atoms with Crippen molar-refractivity contribution in [3.8, 4) is 0 Å². The lowest BCUT2D eigenvalue weighted by molar-refractivity contribution is 0.287. The molecule has 0 amide bonds. The summed E-state index contributed by atoms with van der Waals surface area (Å²) in [4.78, 5) is 0. The minimum Gasteiger partial charge on any atom is -0.418 e. The predicted octanol–water partition coefficient (Wildman–Crippen LogP) is 2.52. The third-order valence-corrected chi connectivity index (χ3v) is 4.38. The maximum atomic E-state index is 5.88.